The van der Waals surface area contributed by atoms with Gasteiger partial charge >= 0.3 is 0 Å². The quantitative estimate of drug-likeness (QED) is 0.826. The number of ether oxygens (including phenoxy) is 1. The summed E-state index contributed by atoms with van der Waals surface area (Å²) < 4.78 is 5.24. The zero-order valence-electron chi connectivity index (χ0n) is 10.5. The summed E-state index contributed by atoms with van der Waals surface area (Å²) in [6.07, 6.45) is 1.73. The van der Waals surface area contributed by atoms with Crippen LogP contribution in [0.25, 0.3) is 0 Å². The van der Waals surface area contributed by atoms with Crippen molar-refractivity contribution in [3.8, 4) is 11.5 Å². The molecular weight excluding hydrogens is 224 g/mol. The zero-order chi connectivity index (χ0) is 13.2. The summed E-state index contributed by atoms with van der Waals surface area (Å²) in [5, 5.41) is 8.92. The Morgan fingerprint density at radius 1 is 1.06 bits per heavy atom. The van der Waals surface area contributed by atoms with E-state index in [9.17, 15) is 0 Å². The summed E-state index contributed by atoms with van der Waals surface area (Å²) in [7, 11) is 0. The first-order valence-electron chi connectivity index (χ1n) is 5.77. The van der Waals surface area contributed by atoms with Crippen LogP contribution in [0.3, 0.4) is 0 Å². The second-order valence-electron chi connectivity index (χ2n) is 3.70. The van der Waals surface area contributed by atoms with Crippen molar-refractivity contribution in [2.45, 2.75) is 6.92 Å². The summed E-state index contributed by atoms with van der Waals surface area (Å²) >= 11 is 0. The molecule has 2 nitrogen and oxygen atoms in total. The van der Waals surface area contributed by atoms with Gasteiger partial charge in [-0.2, -0.15) is 0 Å². The van der Waals surface area contributed by atoms with Crippen molar-refractivity contribution in [3.05, 3.63) is 72.8 Å². The number of hydrogen-bond donors (Lipinski definition) is 1. The average Bonchev–Trinajstić information content (AvgIpc) is 2.42. The highest BCUT2D eigenvalue weighted by atomic mass is 16.5. The van der Waals surface area contributed by atoms with Gasteiger partial charge in [0.05, 0.1) is 0 Å². The van der Waals surface area contributed by atoms with Gasteiger partial charge in [-0.1, -0.05) is 49.1 Å². The largest absolute Gasteiger partial charge is 0.508 e. The van der Waals surface area contributed by atoms with Gasteiger partial charge in [0.15, 0.2) is 0 Å². The van der Waals surface area contributed by atoms with Crippen LogP contribution in [0.4, 0.5) is 0 Å². The molecule has 94 valence electrons. The van der Waals surface area contributed by atoms with Gasteiger partial charge in [-0.05, 0) is 30.7 Å². The van der Waals surface area contributed by atoms with Gasteiger partial charge in [0.25, 0.3) is 0 Å². The van der Waals surface area contributed by atoms with Crippen LogP contribution in [-0.2, 0) is 0 Å². The number of aryl methyl sites for hydroxylation is 1. The highest BCUT2D eigenvalue weighted by Gasteiger charge is 1.87. The van der Waals surface area contributed by atoms with Crippen molar-refractivity contribution in [2.75, 3.05) is 6.61 Å². The topological polar surface area (TPSA) is 29.5 Å². The Balaban J connectivity index is 0.000000184. The fourth-order valence-electron chi connectivity index (χ4n) is 1.24. The molecule has 2 aromatic carbocycles. The lowest BCUT2D eigenvalue weighted by Crippen LogP contribution is -1.91. The number of rotatable bonds is 3. The molecule has 0 aromatic heterocycles. The Morgan fingerprint density at radius 3 is 2.17 bits per heavy atom. The molecule has 0 aliphatic heterocycles. The molecule has 0 heterocycles. The van der Waals surface area contributed by atoms with Gasteiger partial charge in [-0.3, -0.25) is 0 Å². The zero-order valence-corrected chi connectivity index (χ0v) is 10.5. The maximum atomic E-state index is 8.92. The molecule has 0 aliphatic rings. The highest BCUT2D eigenvalue weighted by Crippen LogP contribution is 2.12. The SMILES string of the molecule is C=CCOc1ccccc1.Cc1ccccc1O. The van der Waals surface area contributed by atoms with Crippen molar-refractivity contribution in [1.82, 2.24) is 0 Å². The standard InChI is InChI=1S/C9H10O.C7H8O/c1-2-8-10-9-6-4-3-5-7-9;1-6-4-2-3-5-7(6)8/h2-7H,1,8H2;2-5,8H,1H3. The Hall–Kier alpha value is -2.22. The highest BCUT2D eigenvalue weighted by molar-refractivity contribution is 5.29. The van der Waals surface area contributed by atoms with E-state index >= 15 is 0 Å². The van der Waals surface area contributed by atoms with Crippen molar-refractivity contribution in [1.29, 1.82) is 0 Å². The monoisotopic (exact) mass is 242 g/mol. The summed E-state index contributed by atoms with van der Waals surface area (Å²) in [5.41, 5.74) is 0.924. The normalized spacial score (nSPS) is 8.94. The summed E-state index contributed by atoms with van der Waals surface area (Å²) in [6.45, 7) is 5.99. The van der Waals surface area contributed by atoms with E-state index in [1.165, 1.54) is 0 Å². The molecule has 0 saturated heterocycles. The second-order valence-corrected chi connectivity index (χ2v) is 3.70. The molecule has 0 unspecified atom stereocenters. The van der Waals surface area contributed by atoms with Crippen LogP contribution in [0.2, 0.25) is 0 Å². The van der Waals surface area contributed by atoms with Crippen LogP contribution in [0.5, 0.6) is 11.5 Å². The molecular formula is C16H18O2. The molecule has 2 aromatic rings. The van der Waals surface area contributed by atoms with Crippen LogP contribution in [-0.4, -0.2) is 11.7 Å². The van der Waals surface area contributed by atoms with Crippen molar-refractivity contribution in [2.24, 2.45) is 0 Å². The van der Waals surface area contributed by atoms with Crippen molar-refractivity contribution in [3.63, 3.8) is 0 Å². The lowest BCUT2D eigenvalue weighted by atomic mass is 10.2. The van der Waals surface area contributed by atoms with Crippen LogP contribution in [0.15, 0.2) is 67.3 Å². The first-order chi connectivity index (χ1) is 8.74. The maximum absolute atomic E-state index is 8.92. The Bertz CT molecular complexity index is 443. The summed E-state index contributed by atoms with van der Waals surface area (Å²) in [4.78, 5) is 0. The third kappa shape index (κ3) is 5.21. The Kier molecular flexibility index (Phi) is 6.12. The van der Waals surface area contributed by atoms with E-state index in [0.29, 0.717) is 12.4 Å². The Morgan fingerprint density at radius 2 is 1.67 bits per heavy atom. The van der Waals surface area contributed by atoms with Crippen LogP contribution in [0.1, 0.15) is 5.56 Å². The van der Waals surface area contributed by atoms with Gasteiger partial charge in [-0.15, -0.1) is 0 Å². The molecule has 0 saturated carbocycles. The lowest BCUT2D eigenvalue weighted by Gasteiger charge is -1.99. The predicted molar refractivity (Wildman–Crippen MR) is 75.0 cm³/mol. The molecule has 1 N–H and O–H groups in total. The number of phenols is 1. The first kappa shape index (κ1) is 13.8. The van der Waals surface area contributed by atoms with Gasteiger partial charge < -0.3 is 9.84 Å². The van der Waals surface area contributed by atoms with Crippen molar-refractivity contribution < 1.29 is 9.84 Å². The van der Waals surface area contributed by atoms with E-state index in [4.69, 9.17) is 9.84 Å². The molecule has 0 amide bonds. The van der Waals surface area contributed by atoms with E-state index in [0.717, 1.165) is 11.3 Å². The molecule has 0 spiro atoms. The third-order valence-corrected chi connectivity index (χ3v) is 2.23. The Labute approximate surface area is 108 Å². The smallest absolute Gasteiger partial charge is 0.119 e. The van der Waals surface area contributed by atoms with Crippen LogP contribution < -0.4 is 4.74 Å². The van der Waals surface area contributed by atoms with Gasteiger partial charge in [0.2, 0.25) is 0 Å². The minimum absolute atomic E-state index is 0.368. The van der Waals surface area contributed by atoms with E-state index in [1.54, 1.807) is 12.1 Å². The second kappa shape index (κ2) is 7.96. The number of para-hydroxylation sites is 2. The van der Waals surface area contributed by atoms with Crippen molar-refractivity contribution >= 4 is 0 Å². The molecule has 0 radical (unpaired) electrons. The summed E-state index contributed by atoms with van der Waals surface area (Å²) in [6, 6.07) is 16.9. The molecule has 0 bridgehead atoms. The average molecular weight is 242 g/mol. The number of hydrogen-bond acceptors (Lipinski definition) is 2. The maximum Gasteiger partial charge on any atom is 0.119 e. The van der Waals surface area contributed by atoms with Gasteiger partial charge in [0, 0.05) is 0 Å². The predicted octanol–water partition coefficient (Wildman–Crippen LogP) is 3.95. The number of aromatic hydroxyl groups is 1. The fraction of sp³-hybridized carbons (Fsp3) is 0.125. The van der Waals surface area contributed by atoms with E-state index in [1.807, 2.05) is 55.5 Å². The van der Waals surface area contributed by atoms with E-state index in [-0.39, 0.29) is 0 Å². The molecule has 0 atom stereocenters. The van der Waals surface area contributed by atoms with Crippen LogP contribution in [0, 0.1) is 6.92 Å². The molecule has 2 heteroatoms. The minimum Gasteiger partial charge on any atom is -0.508 e. The molecule has 0 aliphatic carbocycles. The first-order valence-corrected chi connectivity index (χ1v) is 5.77. The minimum atomic E-state index is 0.368. The third-order valence-electron chi connectivity index (χ3n) is 2.23. The lowest BCUT2D eigenvalue weighted by molar-refractivity contribution is 0.363. The van der Waals surface area contributed by atoms with E-state index in [2.05, 4.69) is 6.58 Å². The fourth-order valence-corrected chi connectivity index (χ4v) is 1.24. The number of benzene rings is 2. The molecule has 2 rings (SSSR count). The molecule has 0 fully saturated rings. The summed E-state index contributed by atoms with van der Waals surface area (Å²) in [5.74, 6) is 1.26. The molecule has 18 heavy (non-hydrogen) atoms. The van der Waals surface area contributed by atoms with Gasteiger partial charge in [0.1, 0.15) is 18.1 Å². The van der Waals surface area contributed by atoms with Crippen LogP contribution >= 0.6 is 0 Å². The van der Waals surface area contributed by atoms with E-state index < -0.39 is 0 Å². The van der Waals surface area contributed by atoms with Gasteiger partial charge in [-0.25, -0.2) is 0 Å². The number of phenolic OH excluding ortho intramolecular Hbond substituents is 1.